The molecule has 0 unspecified atom stereocenters. The summed E-state index contributed by atoms with van der Waals surface area (Å²) in [5, 5.41) is -0.718. The van der Waals surface area contributed by atoms with Crippen molar-refractivity contribution in [3.05, 3.63) is 29.8 Å². The second kappa shape index (κ2) is 4.89. The van der Waals surface area contributed by atoms with Gasteiger partial charge in [-0.1, -0.05) is 12.7 Å². The van der Waals surface area contributed by atoms with Gasteiger partial charge in [0.05, 0.1) is 17.6 Å². The minimum atomic E-state index is -3.43. The molecule has 6 heteroatoms. The molecule has 1 aromatic rings. The van der Waals surface area contributed by atoms with Crippen LogP contribution in [0.3, 0.4) is 0 Å². The molecule has 0 N–H and O–H groups in total. The zero-order valence-corrected chi connectivity index (χ0v) is 10.9. The normalized spacial score (nSPS) is 11.0. The summed E-state index contributed by atoms with van der Waals surface area (Å²) < 4.78 is 28.1. The Hall–Kier alpha value is -1.33. The molecule has 4 nitrogen and oxygen atoms in total. The van der Waals surface area contributed by atoms with Gasteiger partial charge in [-0.25, -0.2) is 8.42 Å². The van der Waals surface area contributed by atoms with Gasteiger partial charge in [0.25, 0.3) is 5.24 Å². The first-order valence-corrected chi connectivity index (χ1v) is 6.83. The van der Waals surface area contributed by atoms with Crippen molar-refractivity contribution in [3.63, 3.8) is 0 Å². The van der Waals surface area contributed by atoms with Crippen molar-refractivity contribution in [3.8, 4) is 5.75 Å². The van der Waals surface area contributed by atoms with Crippen LogP contribution in [-0.4, -0.2) is 27.0 Å². The highest BCUT2D eigenvalue weighted by atomic mass is 35.5. The lowest BCUT2D eigenvalue weighted by Gasteiger charge is -2.12. The number of hydrogen-bond acceptors (Lipinski definition) is 4. The van der Waals surface area contributed by atoms with E-state index in [9.17, 15) is 13.2 Å². The molecule has 1 rings (SSSR count). The highest BCUT2D eigenvalue weighted by Crippen LogP contribution is 2.31. The molecule has 0 aliphatic heterocycles. The first-order chi connectivity index (χ1) is 7.82. The molecule has 0 spiro atoms. The molecular formula is C11H11ClO4S. The Bertz CT molecular complexity index is 575. The summed E-state index contributed by atoms with van der Waals surface area (Å²) in [6.07, 6.45) is 2.38. The van der Waals surface area contributed by atoms with Crippen LogP contribution in [0.5, 0.6) is 5.75 Å². The van der Waals surface area contributed by atoms with Crippen LogP contribution in [0, 0.1) is 0 Å². The molecule has 0 fully saturated rings. The second-order valence-electron chi connectivity index (χ2n) is 3.31. The van der Waals surface area contributed by atoms with Gasteiger partial charge >= 0.3 is 0 Å². The fourth-order valence-corrected chi connectivity index (χ4v) is 2.51. The van der Waals surface area contributed by atoms with E-state index in [0.29, 0.717) is 0 Å². The van der Waals surface area contributed by atoms with Crippen LogP contribution in [0.15, 0.2) is 23.6 Å². The Morgan fingerprint density at radius 2 is 2.06 bits per heavy atom. The summed E-state index contributed by atoms with van der Waals surface area (Å²) >= 11 is 5.38. The van der Waals surface area contributed by atoms with Gasteiger partial charge in [-0.3, -0.25) is 4.79 Å². The molecule has 0 aliphatic rings. The molecule has 0 radical (unpaired) electrons. The van der Waals surface area contributed by atoms with Crippen LogP contribution < -0.4 is 4.74 Å². The lowest BCUT2D eigenvalue weighted by molar-refractivity contribution is 0.107. The van der Waals surface area contributed by atoms with Gasteiger partial charge in [-0.2, -0.15) is 0 Å². The number of hydrogen-bond donors (Lipinski definition) is 0. The quantitative estimate of drug-likeness (QED) is 0.789. The summed E-state index contributed by atoms with van der Waals surface area (Å²) in [6.45, 7) is 3.52. The molecule has 0 aromatic heterocycles. The SMILES string of the molecule is C=Cc1c(S(C)(=O)=O)ccc(C(=O)Cl)c1OC. The summed E-state index contributed by atoms with van der Waals surface area (Å²) in [5.41, 5.74) is 0.345. The van der Waals surface area contributed by atoms with Crippen molar-refractivity contribution in [1.29, 1.82) is 0 Å². The number of methoxy groups -OCH3 is 1. The minimum Gasteiger partial charge on any atom is -0.495 e. The van der Waals surface area contributed by atoms with Crippen LogP contribution in [-0.2, 0) is 9.84 Å². The Morgan fingerprint density at radius 3 is 2.41 bits per heavy atom. The molecule has 0 aliphatic carbocycles. The van der Waals surface area contributed by atoms with Crippen molar-refractivity contribution >= 4 is 32.8 Å². The Morgan fingerprint density at radius 1 is 1.47 bits per heavy atom. The minimum absolute atomic E-state index is 0.0472. The van der Waals surface area contributed by atoms with Crippen molar-refractivity contribution in [1.82, 2.24) is 0 Å². The molecule has 0 amide bonds. The number of benzene rings is 1. The maximum atomic E-state index is 11.5. The highest BCUT2D eigenvalue weighted by Gasteiger charge is 2.20. The average molecular weight is 275 g/mol. The number of carbonyl (C=O) groups excluding carboxylic acids is 1. The predicted octanol–water partition coefficient (Wildman–Crippen LogP) is 2.12. The largest absolute Gasteiger partial charge is 0.495 e. The maximum absolute atomic E-state index is 11.5. The van der Waals surface area contributed by atoms with Gasteiger partial charge < -0.3 is 4.74 Å². The first kappa shape index (κ1) is 13.7. The lowest BCUT2D eigenvalue weighted by atomic mass is 10.1. The molecule has 17 heavy (non-hydrogen) atoms. The van der Waals surface area contributed by atoms with Crippen LogP contribution in [0.4, 0.5) is 0 Å². The Balaban J connectivity index is 3.72. The van der Waals surface area contributed by atoms with Gasteiger partial charge in [0.2, 0.25) is 0 Å². The van der Waals surface area contributed by atoms with Gasteiger partial charge in [-0.15, -0.1) is 0 Å². The van der Waals surface area contributed by atoms with Gasteiger partial charge in [0.15, 0.2) is 9.84 Å². The van der Waals surface area contributed by atoms with Gasteiger partial charge in [-0.05, 0) is 23.7 Å². The summed E-state index contributed by atoms with van der Waals surface area (Å²) in [6, 6.07) is 2.63. The molecule has 92 valence electrons. The average Bonchev–Trinajstić information content (AvgIpc) is 2.25. The molecule has 0 heterocycles. The van der Waals surface area contributed by atoms with E-state index in [-0.39, 0.29) is 21.8 Å². The lowest BCUT2D eigenvalue weighted by Crippen LogP contribution is -2.05. The Kier molecular flexibility index (Phi) is 3.95. The van der Waals surface area contributed by atoms with Crippen molar-refractivity contribution in [2.45, 2.75) is 4.90 Å². The maximum Gasteiger partial charge on any atom is 0.256 e. The molecule has 1 aromatic carbocycles. The first-order valence-electron chi connectivity index (χ1n) is 4.56. The fourth-order valence-electron chi connectivity index (χ4n) is 1.47. The van der Waals surface area contributed by atoms with Gasteiger partial charge in [0.1, 0.15) is 5.75 Å². The monoisotopic (exact) mass is 274 g/mol. The molecule has 0 bridgehead atoms. The molecular weight excluding hydrogens is 264 g/mol. The van der Waals surface area contributed by atoms with Crippen LogP contribution in [0.1, 0.15) is 15.9 Å². The zero-order valence-electron chi connectivity index (χ0n) is 9.36. The fraction of sp³-hybridized carbons (Fsp3) is 0.182. The Labute approximate surface area is 105 Å². The van der Waals surface area contributed by atoms with Crippen molar-refractivity contribution in [2.24, 2.45) is 0 Å². The third-order valence-corrected chi connectivity index (χ3v) is 3.53. The summed E-state index contributed by atoms with van der Waals surface area (Å²) in [5.74, 6) is 0.114. The van der Waals surface area contributed by atoms with E-state index >= 15 is 0 Å². The van der Waals surface area contributed by atoms with E-state index in [2.05, 4.69) is 6.58 Å². The van der Waals surface area contributed by atoms with E-state index in [0.717, 1.165) is 6.26 Å². The highest BCUT2D eigenvalue weighted by molar-refractivity contribution is 7.90. The van der Waals surface area contributed by atoms with E-state index in [1.165, 1.54) is 25.3 Å². The predicted molar refractivity (Wildman–Crippen MR) is 66.4 cm³/mol. The zero-order chi connectivity index (χ0) is 13.2. The number of sulfone groups is 1. The third kappa shape index (κ3) is 2.68. The second-order valence-corrected chi connectivity index (χ2v) is 5.64. The molecule has 0 atom stereocenters. The topological polar surface area (TPSA) is 60.4 Å². The number of halogens is 1. The molecule has 0 saturated heterocycles. The van der Waals surface area contributed by atoms with E-state index in [4.69, 9.17) is 16.3 Å². The summed E-state index contributed by atoms with van der Waals surface area (Å²) in [4.78, 5) is 11.2. The van der Waals surface area contributed by atoms with Crippen LogP contribution in [0.25, 0.3) is 6.08 Å². The van der Waals surface area contributed by atoms with E-state index in [1.807, 2.05) is 0 Å². The molecule has 0 saturated carbocycles. The standard InChI is InChI=1S/C11H11ClO4S/c1-4-7-9(17(3,14)15)6-5-8(11(12)13)10(7)16-2/h4-6H,1H2,2-3H3. The smallest absolute Gasteiger partial charge is 0.256 e. The van der Waals surface area contributed by atoms with Crippen LogP contribution >= 0.6 is 11.6 Å². The third-order valence-electron chi connectivity index (χ3n) is 2.18. The van der Waals surface area contributed by atoms with Crippen LogP contribution in [0.2, 0.25) is 0 Å². The van der Waals surface area contributed by atoms with Crippen molar-refractivity contribution < 1.29 is 17.9 Å². The van der Waals surface area contributed by atoms with Gasteiger partial charge in [0, 0.05) is 11.8 Å². The summed E-state index contributed by atoms with van der Waals surface area (Å²) in [7, 11) is -2.10. The number of ether oxygens (including phenoxy) is 1. The number of carbonyl (C=O) groups is 1. The van der Waals surface area contributed by atoms with E-state index < -0.39 is 15.1 Å². The van der Waals surface area contributed by atoms with Crippen molar-refractivity contribution in [2.75, 3.05) is 13.4 Å². The number of rotatable bonds is 4. The van der Waals surface area contributed by atoms with E-state index in [1.54, 1.807) is 0 Å².